The van der Waals surface area contributed by atoms with Crippen LogP contribution in [-0.4, -0.2) is 119 Å². The van der Waals surface area contributed by atoms with Crippen LogP contribution in [0, 0.1) is 11.8 Å². The van der Waals surface area contributed by atoms with Crippen molar-refractivity contribution in [3.63, 3.8) is 0 Å². The first-order chi connectivity index (χ1) is 35.7. The number of aromatic nitrogens is 1. The number of hydrogen-bond donors (Lipinski definition) is 12. The standard InChI is InChI=1S/C51H72N14O10/c1-29(66)61-38(18-10-22-59-51(56)57)47(73)63-39-17-7-5-14-34(67)19-20-37(45(53)71)62-46(72)32(24-33-28-60-36-16-8-6-15-35(33)36)26-42(68)31(13-9-21-58-50(54)55)25-43(69)40(23-30-11-3-2-4-12-30)64-49(75)41(27-44(52)70)65-48(39)74/h2-4,6,8,11-12,15-16,28,31-32,37-41,60H,5,7,9-10,13-14,17-27H2,1H3,(H2,52,70)(H2,53,71)(H,61,66)(H,62,72)(H,63,73)(H,64,75)(H,65,74)(H4,54,55,58)(H4,56,57,59)/t31-,32-,37+,38-,39+,40-,41+/m1/s1. The van der Waals surface area contributed by atoms with Crippen LogP contribution in [0.3, 0.4) is 0 Å². The number of Topliss-reactive ketones (excluding diaryl/α,β-unsaturated/α-hetero) is 3. The third-order valence-electron chi connectivity index (χ3n) is 12.7. The fourth-order valence-electron chi connectivity index (χ4n) is 8.83. The average Bonchev–Trinajstić information content (AvgIpc) is 3.76. The van der Waals surface area contributed by atoms with E-state index in [1.807, 2.05) is 24.3 Å². The maximum atomic E-state index is 14.7. The molecule has 0 bridgehead atoms. The molecule has 1 fully saturated rings. The lowest BCUT2D eigenvalue weighted by Gasteiger charge is -2.27. The minimum atomic E-state index is -1.69. The quantitative estimate of drug-likeness (QED) is 0.0411. The smallest absolute Gasteiger partial charge is 0.243 e. The third-order valence-corrected chi connectivity index (χ3v) is 12.7. The van der Waals surface area contributed by atoms with E-state index in [-0.39, 0.29) is 108 Å². The van der Waals surface area contributed by atoms with Gasteiger partial charge in [0.1, 0.15) is 35.7 Å². The van der Waals surface area contributed by atoms with Crippen molar-refractivity contribution in [2.45, 2.75) is 133 Å². The van der Waals surface area contributed by atoms with Gasteiger partial charge in [-0.1, -0.05) is 55.0 Å². The fraction of sp³-hybridized carbons (Fsp3) is 0.490. The Morgan fingerprint density at radius 1 is 0.693 bits per heavy atom. The molecule has 24 heteroatoms. The third kappa shape index (κ3) is 20.7. The second-order valence-corrected chi connectivity index (χ2v) is 18.8. The van der Waals surface area contributed by atoms with Crippen molar-refractivity contribution in [2.24, 2.45) is 56.2 Å². The Balaban J connectivity index is 1.77. The lowest BCUT2D eigenvalue weighted by atomic mass is 9.83. The normalized spacial score (nSPS) is 21.3. The monoisotopic (exact) mass is 1040 g/mol. The second-order valence-electron chi connectivity index (χ2n) is 18.8. The molecule has 4 rings (SSSR count). The number of H-pyrrole nitrogens is 1. The summed E-state index contributed by atoms with van der Waals surface area (Å²) < 4.78 is 0. The maximum absolute atomic E-state index is 14.7. The molecule has 1 aliphatic rings. The molecule has 2 aromatic carbocycles. The summed E-state index contributed by atoms with van der Waals surface area (Å²) in [6, 6.07) is 9.05. The van der Waals surface area contributed by atoms with Gasteiger partial charge in [0, 0.05) is 74.6 Å². The van der Waals surface area contributed by atoms with Gasteiger partial charge in [-0.25, -0.2) is 0 Å². The summed E-state index contributed by atoms with van der Waals surface area (Å²) in [6.07, 6.45) is 0.444. The van der Waals surface area contributed by atoms with Crippen molar-refractivity contribution in [3.8, 4) is 0 Å². The van der Waals surface area contributed by atoms with Crippen molar-refractivity contribution < 1.29 is 47.9 Å². The van der Waals surface area contributed by atoms with Crippen LogP contribution in [0.25, 0.3) is 10.9 Å². The van der Waals surface area contributed by atoms with E-state index in [4.69, 9.17) is 34.4 Å². The molecule has 24 nitrogen and oxygen atoms in total. The lowest BCUT2D eigenvalue weighted by Crippen LogP contribution is -2.58. The average molecular weight is 1040 g/mol. The van der Waals surface area contributed by atoms with Gasteiger partial charge < -0.3 is 66.0 Å². The lowest BCUT2D eigenvalue weighted by molar-refractivity contribution is -0.136. The number of carbonyl (C=O) groups excluding carboxylic acids is 10. The van der Waals surface area contributed by atoms with E-state index in [0.29, 0.717) is 11.1 Å². The van der Waals surface area contributed by atoms with Crippen LogP contribution in [0.1, 0.15) is 102 Å². The Morgan fingerprint density at radius 3 is 2.01 bits per heavy atom. The highest BCUT2D eigenvalue weighted by molar-refractivity contribution is 5.99. The number of amides is 7. The number of nitrogens with zero attached hydrogens (tertiary/aromatic N) is 2. The molecule has 1 aromatic heterocycles. The van der Waals surface area contributed by atoms with E-state index in [1.54, 1.807) is 36.5 Å². The van der Waals surface area contributed by atoms with Crippen LogP contribution in [0.4, 0.5) is 0 Å². The zero-order valence-corrected chi connectivity index (χ0v) is 42.3. The Kier molecular flexibility index (Phi) is 23.8. The number of nitrogens with two attached hydrogens (primary N) is 6. The first-order valence-corrected chi connectivity index (χ1v) is 25.0. The molecule has 3 aromatic rings. The molecule has 7 amide bonds. The number of nitrogens with one attached hydrogen (secondary N) is 6. The van der Waals surface area contributed by atoms with Crippen molar-refractivity contribution in [1.82, 2.24) is 31.6 Å². The van der Waals surface area contributed by atoms with Gasteiger partial charge in [-0.15, -0.1) is 0 Å². The van der Waals surface area contributed by atoms with Crippen LogP contribution in [0.15, 0.2) is 70.8 Å². The van der Waals surface area contributed by atoms with Crippen molar-refractivity contribution in [2.75, 3.05) is 13.1 Å². The number of primary amides is 2. The molecule has 1 saturated heterocycles. The fourth-order valence-corrected chi connectivity index (χ4v) is 8.83. The van der Waals surface area contributed by atoms with Gasteiger partial charge >= 0.3 is 0 Å². The van der Waals surface area contributed by atoms with Gasteiger partial charge in [0.05, 0.1) is 12.5 Å². The highest BCUT2D eigenvalue weighted by Crippen LogP contribution is 2.26. The van der Waals surface area contributed by atoms with Gasteiger partial charge in [0.15, 0.2) is 17.7 Å². The number of benzene rings is 2. The topological polar surface area (TPSA) is 427 Å². The summed E-state index contributed by atoms with van der Waals surface area (Å²) in [4.78, 5) is 148. The second kappa shape index (κ2) is 30.1. The van der Waals surface area contributed by atoms with E-state index >= 15 is 0 Å². The predicted octanol–water partition coefficient (Wildman–Crippen LogP) is -1.06. The number of guanidine groups is 2. The minimum Gasteiger partial charge on any atom is -0.370 e. The minimum absolute atomic E-state index is 0.0229. The number of fused-ring (bicyclic) bond motifs is 1. The maximum Gasteiger partial charge on any atom is 0.243 e. The summed E-state index contributed by atoms with van der Waals surface area (Å²) in [5, 5.41) is 13.8. The van der Waals surface area contributed by atoms with Crippen molar-refractivity contribution >= 4 is 81.5 Å². The molecule has 1 aliphatic heterocycles. The van der Waals surface area contributed by atoms with Gasteiger partial charge in [-0.2, -0.15) is 0 Å². The zero-order valence-electron chi connectivity index (χ0n) is 42.3. The van der Waals surface area contributed by atoms with Crippen LogP contribution in [0.5, 0.6) is 0 Å². The molecule has 406 valence electrons. The van der Waals surface area contributed by atoms with Gasteiger partial charge in [-0.3, -0.25) is 57.9 Å². The number of carbonyl (C=O) groups is 10. The molecule has 18 N–H and O–H groups in total. The highest BCUT2D eigenvalue weighted by atomic mass is 16.2. The van der Waals surface area contributed by atoms with E-state index in [1.165, 1.54) is 6.92 Å². The number of aliphatic imine (C=N–C) groups is 2. The first kappa shape index (κ1) is 59.4. The van der Waals surface area contributed by atoms with Crippen molar-refractivity contribution in [1.29, 1.82) is 0 Å². The Morgan fingerprint density at radius 2 is 1.35 bits per heavy atom. The zero-order chi connectivity index (χ0) is 55.0. The Hall–Kier alpha value is -8.18. The summed E-state index contributed by atoms with van der Waals surface area (Å²) in [6.45, 7) is 1.41. The summed E-state index contributed by atoms with van der Waals surface area (Å²) in [5.41, 5.74) is 35.5. The highest BCUT2D eigenvalue weighted by Gasteiger charge is 2.35. The molecule has 0 saturated carbocycles. The summed E-state index contributed by atoms with van der Waals surface area (Å²) in [5.74, 6) is -9.82. The number of para-hydroxylation sites is 1. The van der Waals surface area contributed by atoms with Gasteiger partial charge in [0.2, 0.25) is 41.4 Å². The molecule has 0 radical (unpaired) electrons. The van der Waals surface area contributed by atoms with E-state index in [0.717, 1.165) is 10.9 Å². The van der Waals surface area contributed by atoms with Crippen molar-refractivity contribution in [3.05, 3.63) is 71.9 Å². The molecule has 2 heterocycles. The van der Waals surface area contributed by atoms with Crippen LogP contribution in [0.2, 0.25) is 0 Å². The van der Waals surface area contributed by atoms with Gasteiger partial charge in [-0.05, 0) is 75.0 Å². The van der Waals surface area contributed by atoms with E-state index in [2.05, 4.69) is 41.6 Å². The van der Waals surface area contributed by atoms with Crippen LogP contribution < -0.4 is 61.0 Å². The summed E-state index contributed by atoms with van der Waals surface area (Å²) in [7, 11) is 0. The molecular formula is C51H72N14O10. The molecule has 0 unspecified atom stereocenters. The SMILES string of the molecule is CC(=O)N[C@H](CCCN=C(N)N)C(=O)N[C@H]1CCCCC(=O)CC[C@@H](C(N)=O)NC(=O)[C@H](Cc2c[nH]c3ccccc23)CC(=O)[C@H](CCCN=C(N)N)CC(=O)[C@@H](Cc2ccccc2)NC(=O)[C@H](CC(N)=O)NC1=O. The Bertz CT molecular complexity index is 2560. The Labute approximate surface area is 434 Å². The van der Waals surface area contributed by atoms with Crippen LogP contribution >= 0.6 is 0 Å². The predicted molar refractivity (Wildman–Crippen MR) is 279 cm³/mol. The first-order valence-electron chi connectivity index (χ1n) is 25.0. The van der Waals surface area contributed by atoms with Gasteiger partial charge in [0.25, 0.3) is 0 Å². The van der Waals surface area contributed by atoms with E-state index < -0.39 is 114 Å². The molecule has 0 spiro atoms. The number of hydrogen-bond acceptors (Lipinski definition) is 12. The largest absolute Gasteiger partial charge is 0.370 e. The molecule has 75 heavy (non-hydrogen) atoms. The van der Waals surface area contributed by atoms with E-state index in [9.17, 15) is 47.9 Å². The number of ketones is 3. The molecule has 7 atom stereocenters. The molecule has 0 aliphatic carbocycles. The number of aromatic amines is 1. The molecular weight excluding hydrogens is 969 g/mol. The number of rotatable bonds is 18. The van der Waals surface area contributed by atoms with Crippen LogP contribution in [-0.2, 0) is 60.8 Å². The summed E-state index contributed by atoms with van der Waals surface area (Å²) >= 11 is 0.